The summed E-state index contributed by atoms with van der Waals surface area (Å²) in [6.45, 7) is 8.22. The molecule has 3 rings (SSSR count). The highest BCUT2D eigenvalue weighted by Crippen LogP contribution is 2.14. The largest absolute Gasteiger partial charge is 0.465 e. The van der Waals surface area contributed by atoms with Gasteiger partial charge in [0.15, 0.2) is 0 Å². The Morgan fingerprint density at radius 3 is 2.70 bits per heavy atom. The van der Waals surface area contributed by atoms with Gasteiger partial charge in [0.1, 0.15) is 5.76 Å². The van der Waals surface area contributed by atoms with Crippen molar-refractivity contribution >= 4 is 29.7 Å². The van der Waals surface area contributed by atoms with Crippen LogP contribution in [0.1, 0.15) is 5.76 Å². The summed E-state index contributed by atoms with van der Waals surface area (Å²) in [4.78, 5) is 37.5. The lowest BCUT2D eigenvalue weighted by Gasteiger charge is -2.19. The number of hydrogen-bond acceptors (Lipinski definition) is 8. The van der Waals surface area contributed by atoms with Crippen LogP contribution in [0.2, 0.25) is 0 Å². The minimum atomic E-state index is -0.859. The number of hydrogen-bond donors (Lipinski definition) is 1. The highest BCUT2D eigenvalue weighted by molar-refractivity contribution is 6.00. The number of amides is 1. The van der Waals surface area contributed by atoms with Crippen LogP contribution in [-0.2, 0) is 4.79 Å². The Morgan fingerprint density at radius 2 is 2.04 bits per heavy atom. The summed E-state index contributed by atoms with van der Waals surface area (Å²) in [5.74, 6) is -0.704. The van der Waals surface area contributed by atoms with E-state index in [4.69, 9.17) is 8.94 Å². The first kappa shape index (κ1) is 17.9. The average Bonchev–Trinajstić information content (AvgIpc) is 3.28. The first-order chi connectivity index (χ1) is 13.1. The molecule has 10 nitrogen and oxygen atoms in total. The number of carbonyl (C=O) groups excluding carboxylic acids is 1. The number of furan rings is 1. The van der Waals surface area contributed by atoms with Crippen molar-refractivity contribution < 1.29 is 13.7 Å². The van der Waals surface area contributed by atoms with Crippen molar-refractivity contribution in [1.82, 2.24) is 19.5 Å². The van der Waals surface area contributed by atoms with E-state index in [1.54, 1.807) is 29.2 Å². The van der Waals surface area contributed by atoms with Crippen LogP contribution in [-0.4, -0.2) is 38.5 Å². The molecule has 27 heavy (non-hydrogen) atoms. The Labute approximate surface area is 153 Å². The standard InChI is InChI=1S/C17H16N6O4/c1-3-9-22(10-4-2)14-19-15(23-16(20-14)21-17(25)27-23)18-13(24)8-7-12-6-5-11-26-12/h3-8,11H,1-2,9-10H2,(H,18,19,20,21,24,25). The van der Waals surface area contributed by atoms with Gasteiger partial charge in [-0.05, 0) is 18.2 Å². The number of nitrogens with one attached hydrogen (secondary N) is 1. The van der Waals surface area contributed by atoms with Crippen LogP contribution in [0.4, 0.5) is 11.9 Å². The number of nitrogens with zero attached hydrogens (tertiary/aromatic N) is 5. The molecule has 3 heterocycles. The lowest BCUT2D eigenvalue weighted by molar-refractivity contribution is -0.111. The van der Waals surface area contributed by atoms with Crippen molar-refractivity contribution in [2.75, 3.05) is 23.3 Å². The van der Waals surface area contributed by atoms with E-state index in [0.29, 0.717) is 18.8 Å². The van der Waals surface area contributed by atoms with Crippen LogP contribution in [0.5, 0.6) is 0 Å². The Bertz CT molecular complexity index is 1040. The third-order valence-corrected chi connectivity index (χ3v) is 3.30. The second-order valence-corrected chi connectivity index (χ2v) is 5.23. The van der Waals surface area contributed by atoms with Gasteiger partial charge >= 0.3 is 5.76 Å². The average molecular weight is 368 g/mol. The van der Waals surface area contributed by atoms with E-state index in [-0.39, 0.29) is 17.7 Å². The van der Waals surface area contributed by atoms with Gasteiger partial charge in [-0.15, -0.1) is 18.1 Å². The van der Waals surface area contributed by atoms with Gasteiger partial charge in [-0.2, -0.15) is 9.97 Å². The van der Waals surface area contributed by atoms with E-state index >= 15 is 0 Å². The quantitative estimate of drug-likeness (QED) is 0.469. The van der Waals surface area contributed by atoms with Gasteiger partial charge in [0.05, 0.1) is 6.26 Å². The molecular formula is C17H16N6O4. The SMILES string of the molecule is C=CCN(CC=C)c1nc(NC(=O)C=Cc2ccco2)n2oc(=O)nc2n1. The summed E-state index contributed by atoms with van der Waals surface area (Å²) in [7, 11) is 0. The maximum atomic E-state index is 12.2. The van der Waals surface area contributed by atoms with Crippen LogP contribution in [0.15, 0.2) is 63.5 Å². The number of rotatable bonds is 8. The van der Waals surface area contributed by atoms with E-state index in [9.17, 15) is 9.59 Å². The maximum Gasteiger partial charge on any atom is 0.462 e. The lowest BCUT2D eigenvalue weighted by atomic mass is 10.4. The predicted octanol–water partition coefficient (Wildman–Crippen LogP) is 1.50. The van der Waals surface area contributed by atoms with E-state index in [0.717, 1.165) is 4.57 Å². The molecule has 3 aromatic rings. The van der Waals surface area contributed by atoms with Crippen molar-refractivity contribution in [3.63, 3.8) is 0 Å². The van der Waals surface area contributed by atoms with Crippen molar-refractivity contribution in [1.29, 1.82) is 0 Å². The highest BCUT2D eigenvalue weighted by Gasteiger charge is 2.17. The summed E-state index contributed by atoms with van der Waals surface area (Å²) in [5.41, 5.74) is 0. The summed E-state index contributed by atoms with van der Waals surface area (Å²) in [6.07, 6.45) is 7.56. The molecule has 0 saturated heterocycles. The third-order valence-electron chi connectivity index (χ3n) is 3.30. The summed E-state index contributed by atoms with van der Waals surface area (Å²) in [5, 5.41) is 2.53. The molecule has 3 aromatic heterocycles. The monoisotopic (exact) mass is 368 g/mol. The second-order valence-electron chi connectivity index (χ2n) is 5.23. The predicted molar refractivity (Wildman–Crippen MR) is 98.3 cm³/mol. The highest BCUT2D eigenvalue weighted by atomic mass is 16.5. The fourth-order valence-electron chi connectivity index (χ4n) is 2.19. The molecule has 0 unspecified atom stereocenters. The van der Waals surface area contributed by atoms with Crippen molar-refractivity contribution in [2.45, 2.75) is 0 Å². The molecule has 138 valence electrons. The smallest absolute Gasteiger partial charge is 0.462 e. The van der Waals surface area contributed by atoms with Gasteiger partial charge in [0, 0.05) is 19.2 Å². The topological polar surface area (TPSA) is 119 Å². The molecule has 0 bridgehead atoms. The third kappa shape index (κ3) is 4.18. The molecule has 0 aliphatic carbocycles. The number of carbonyl (C=O) groups is 1. The van der Waals surface area contributed by atoms with Crippen LogP contribution in [0.25, 0.3) is 11.9 Å². The number of fused-ring (bicyclic) bond motifs is 1. The molecule has 0 fully saturated rings. The summed E-state index contributed by atoms with van der Waals surface area (Å²) >= 11 is 0. The summed E-state index contributed by atoms with van der Waals surface area (Å²) in [6, 6.07) is 3.40. The molecule has 1 N–H and O–H groups in total. The van der Waals surface area contributed by atoms with Gasteiger partial charge in [0.2, 0.25) is 5.95 Å². The Kier molecular flexibility index (Phi) is 5.26. The fourth-order valence-corrected chi connectivity index (χ4v) is 2.19. The van der Waals surface area contributed by atoms with Crippen LogP contribution >= 0.6 is 0 Å². The van der Waals surface area contributed by atoms with Gasteiger partial charge < -0.3 is 13.8 Å². The number of aromatic nitrogens is 4. The minimum absolute atomic E-state index is 0.0339. The van der Waals surface area contributed by atoms with E-state index < -0.39 is 11.7 Å². The van der Waals surface area contributed by atoms with Gasteiger partial charge in [-0.25, -0.2) is 4.79 Å². The molecule has 0 aromatic carbocycles. The molecule has 1 amide bonds. The normalized spacial score (nSPS) is 11.0. The fraction of sp³-hybridized carbons (Fsp3) is 0.118. The second kappa shape index (κ2) is 7.95. The van der Waals surface area contributed by atoms with E-state index in [1.165, 1.54) is 18.4 Å². The zero-order valence-corrected chi connectivity index (χ0v) is 14.2. The Morgan fingerprint density at radius 1 is 1.26 bits per heavy atom. The summed E-state index contributed by atoms with van der Waals surface area (Å²) < 4.78 is 11.0. The Balaban J connectivity index is 1.94. The zero-order valence-electron chi connectivity index (χ0n) is 14.2. The van der Waals surface area contributed by atoms with Crippen molar-refractivity contribution in [3.05, 3.63) is 66.1 Å². The molecule has 0 aliphatic rings. The maximum absolute atomic E-state index is 12.2. The van der Waals surface area contributed by atoms with Crippen LogP contribution in [0, 0.1) is 0 Å². The lowest BCUT2D eigenvalue weighted by Crippen LogP contribution is -2.26. The van der Waals surface area contributed by atoms with Crippen LogP contribution < -0.4 is 16.0 Å². The first-order valence-corrected chi connectivity index (χ1v) is 7.88. The van der Waals surface area contributed by atoms with E-state index in [1.807, 2.05) is 0 Å². The Hall–Kier alpha value is -3.95. The molecule has 0 spiro atoms. The van der Waals surface area contributed by atoms with E-state index in [2.05, 4.69) is 33.4 Å². The zero-order chi connectivity index (χ0) is 19.2. The molecule has 0 aliphatic heterocycles. The van der Waals surface area contributed by atoms with Gasteiger partial charge in [-0.3, -0.25) is 10.1 Å². The number of anilines is 2. The van der Waals surface area contributed by atoms with Gasteiger partial charge in [0.25, 0.3) is 17.6 Å². The molecule has 10 heteroatoms. The van der Waals surface area contributed by atoms with Gasteiger partial charge in [-0.1, -0.05) is 16.7 Å². The van der Waals surface area contributed by atoms with Crippen LogP contribution in [0.3, 0.4) is 0 Å². The molecule has 0 radical (unpaired) electrons. The minimum Gasteiger partial charge on any atom is -0.465 e. The molecular weight excluding hydrogens is 352 g/mol. The van der Waals surface area contributed by atoms with Crippen molar-refractivity contribution in [3.8, 4) is 0 Å². The molecule has 0 atom stereocenters. The molecule has 0 saturated carbocycles. The van der Waals surface area contributed by atoms with Crippen molar-refractivity contribution in [2.24, 2.45) is 0 Å². The first-order valence-electron chi connectivity index (χ1n) is 7.88.